The van der Waals surface area contributed by atoms with Crippen molar-refractivity contribution in [3.8, 4) is 0 Å². The maximum absolute atomic E-state index is 11.2. The molecule has 5 heteroatoms. The maximum atomic E-state index is 11.2. The molecular formula is C10H22N2O2S. The van der Waals surface area contributed by atoms with Crippen LogP contribution in [0.3, 0.4) is 0 Å². The molecule has 0 aromatic rings. The molecule has 1 rings (SSSR count). The van der Waals surface area contributed by atoms with E-state index in [1.807, 2.05) is 7.05 Å². The summed E-state index contributed by atoms with van der Waals surface area (Å²) in [6.45, 7) is 3.59. The molecule has 90 valence electrons. The number of hydrogen-bond acceptors (Lipinski definition) is 4. The number of nitrogens with one attached hydrogen (secondary N) is 1. The van der Waals surface area contributed by atoms with Crippen LogP contribution in [0.4, 0.5) is 0 Å². The molecule has 1 aliphatic heterocycles. The van der Waals surface area contributed by atoms with E-state index in [2.05, 4.69) is 10.2 Å². The van der Waals surface area contributed by atoms with Crippen LogP contribution < -0.4 is 5.32 Å². The minimum Gasteiger partial charge on any atom is -0.320 e. The lowest BCUT2D eigenvalue weighted by atomic mass is 10.2. The van der Waals surface area contributed by atoms with Gasteiger partial charge in [0.2, 0.25) is 0 Å². The van der Waals surface area contributed by atoms with Crippen molar-refractivity contribution in [2.24, 2.45) is 0 Å². The van der Waals surface area contributed by atoms with Gasteiger partial charge in [-0.05, 0) is 33.0 Å². The van der Waals surface area contributed by atoms with E-state index in [9.17, 15) is 8.42 Å². The number of nitrogens with zero attached hydrogens (tertiary/aromatic N) is 1. The van der Waals surface area contributed by atoms with Gasteiger partial charge >= 0.3 is 0 Å². The van der Waals surface area contributed by atoms with Crippen LogP contribution in [-0.4, -0.2) is 58.1 Å². The van der Waals surface area contributed by atoms with Gasteiger partial charge in [0.15, 0.2) is 9.84 Å². The van der Waals surface area contributed by atoms with Crippen molar-refractivity contribution in [2.45, 2.75) is 19.3 Å². The molecule has 0 aliphatic carbocycles. The van der Waals surface area contributed by atoms with Crippen LogP contribution in [0.25, 0.3) is 0 Å². The first kappa shape index (κ1) is 12.9. The van der Waals surface area contributed by atoms with Crippen LogP contribution in [0.5, 0.6) is 0 Å². The van der Waals surface area contributed by atoms with Gasteiger partial charge in [0, 0.05) is 13.1 Å². The molecule has 0 radical (unpaired) electrons. The van der Waals surface area contributed by atoms with E-state index in [0.29, 0.717) is 11.5 Å². The van der Waals surface area contributed by atoms with Crippen molar-refractivity contribution < 1.29 is 8.42 Å². The van der Waals surface area contributed by atoms with Gasteiger partial charge in [0.05, 0.1) is 11.5 Å². The topological polar surface area (TPSA) is 49.4 Å². The van der Waals surface area contributed by atoms with E-state index in [-0.39, 0.29) is 0 Å². The normalized spacial score (nSPS) is 21.7. The van der Waals surface area contributed by atoms with Crippen molar-refractivity contribution in [1.82, 2.24) is 10.2 Å². The Kier molecular flexibility index (Phi) is 5.56. The summed E-state index contributed by atoms with van der Waals surface area (Å²) in [4.78, 5) is 2.26. The van der Waals surface area contributed by atoms with Gasteiger partial charge in [-0.2, -0.15) is 0 Å². The van der Waals surface area contributed by atoms with Gasteiger partial charge < -0.3 is 10.2 Å². The predicted molar refractivity (Wildman–Crippen MR) is 62.9 cm³/mol. The average molecular weight is 234 g/mol. The summed E-state index contributed by atoms with van der Waals surface area (Å²) in [6, 6.07) is 0. The monoisotopic (exact) mass is 234 g/mol. The molecule has 1 heterocycles. The molecule has 15 heavy (non-hydrogen) atoms. The van der Waals surface area contributed by atoms with E-state index >= 15 is 0 Å². The summed E-state index contributed by atoms with van der Waals surface area (Å²) >= 11 is 0. The first-order valence-electron chi connectivity index (χ1n) is 5.71. The quantitative estimate of drug-likeness (QED) is 0.663. The van der Waals surface area contributed by atoms with Gasteiger partial charge in [-0.1, -0.05) is 6.42 Å². The largest absolute Gasteiger partial charge is 0.320 e. The maximum Gasteiger partial charge on any atom is 0.152 e. The highest BCUT2D eigenvalue weighted by molar-refractivity contribution is 7.91. The Labute approximate surface area is 93.0 Å². The SMILES string of the molecule is CNCCCCCN1CCS(=O)(=O)CC1. The zero-order chi connectivity index (χ0) is 11.1. The van der Waals surface area contributed by atoms with Gasteiger partial charge in [0.1, 0.15) is 0 Å². The van der Waals surface area contributed by atoms with Crippen LogP contribution in [-0.2, 0) is 9.84 Å². The third-order valence-corrected chi connectivity index (χ3v) is 4.45. The molecule has 1 N–H and O–H groups in total. The van der Waals surface area contributed by atoms with E-state index in [4.69, 9.17) is 0 Å². The highest BCUT2D eigenvalue weighted by Gasteiger charge is 2.20. The summed E-state index contributed by atoms with van der Waals surface area (Å²) in [5.74, 6) is 0.701. The smallest absolute Gasteiger partial charge is 0.152 e. The average Bonchev–Trinajstić information content (AvgIpc) is 2.20. The van der Waals surface area contributed by atoms with Crippen LogP contribution in [0, 0.1) is 0 Å². The van der Waals surface area contributed by atoms with Crippen LogP contribution in [0.1, 0.15) is 19.3 Å². The predicted octanol–water partition coefficient (Wildman–Crippen LogP) is 0.107. The van der Waals surface area contributed by atoms with Crippen molar-refractivity contribution in [3.05, 3.63) is 0 Å². The lowest BCUT2D eigenvalue weighted by Gasteiger charge is -2.26. The number of sulfone groups is 1. The minimum absolute atomic E-state index is 0.351. The van der Waals surface area contributed by atoms with Crippen molar-refractivity contribution in [2.75, 3.05) is 44.7 Å². The first-order chi connectivity index (χ1) is 7.14. The Bertz CT molecular complexity index is 251. The molecule has 0 aromatic carbocycles. The number of unbranched alkanes of at least 4 members (excludes halogenated alkanes) is 2. The second kappa shape index (κ2) is 6.45. The van der Waals surface area contributed by atoms with Gasteiger partial charge in [-0.15, -0.1) is 0 Å². The Morgan fingerprint density at radius 1 is 1.13 bits per heavy atom. The highest BCUT2D eigenvalue weighted by atomic mass is 32.2. The van der Waals surface area contributed by atoms with Crippen LogP contribution in [0.15, 0.2) is 0 Å². The summed E-state index contributed by atoms with van der Waals surface area (Å²) in [5, 5.41) is 3.12. The molecule has 1 fully saturated rings. The molecule has 0 atom stereocenters. The Morgan fingerprint density at radius 3 is 2.40 bits per heavy atom. The molecule has 4 nitrogen and oxygen atoms in total. The molecule has 0 bridgehead atoms. The standard InChI is InChI=1S/C10H22N2O2S/c1-11-5-3-2-4-6-12-7-9-15(13,14)10-8-12/h11H,2-10H2,1H3. The first-order valence-corrected chi connectivity index (χ1v) is 7.53. The number of rotatable bonds is 6. The molecule has 0 unspecified atom stereocenters. The Morgan fingerprint density at radius 2 is 1.80 bits per heavy atom. The molecular weight excluding hydrogens is 212 g/mol. The second-order valence-electron chi connectivity index (χ2n) is 4.16. The molecule has 0 aromatic heterocycles. The molecule has 1 aliphatic rings. The van der Waals surface area contributed by atoms with Gasteiger partial charge in [-0.3, -0.25) is 0 Å². The minimum atomic E-state index is -2.71. The van der Waals surface area contributed by atoms with Gasteiger partial charge in [0.25, 0.3) is 0 Å². The van der Waals surface area contributed by atoms with Crippen molar-refractivity contribution >= 4 is 9.84 Å². The second-order valence-corrected chi connectivity index (χ2v) is 6.46. The van der Waals surface area contributed by atoms with Crippen LogP contribution >= 0.6 is 0 Å². The third-order valence-electron chi connectivity index (χ3n) is 2.84. The molecule has 0 spiro atoms. The third kappa shape index (κ3) is 5.49. The zero-order valence-corrected chi connectivity index (χ0v) is 10.4. The lowest BCUT2D eigenvalue weighted by molar-refractivity contribution is 0.288. The van der Waals surface area contributed by atoms with Gasteiger partial charge in [-0.25, -0.2) is 8.42 Å². The Balaban J connectivity index is 2.04. The highest BCUT2D eigenvalue weighted by Crippen LogP contribution is 2.05. The number of hydrogen-bond donors (Lipinski definition) is 1. The van der Waals surface area contributed by atoms with Crippen LogP contribution in [0.2, 0.25) is 0 Å². The fourth-order valence-corrected chi connectivity index (χ4v) is 3.06. The fraction of sp³-hybridized carbons (Fsp3) is 1.00. The zero-order valence-electron chi connectivity index (χ0n) is 9.54. The summed E-state index contributed by atoms with van der Waals surface area (Å²) in [7, 11) is -0.739. The van der Waals surface area contributed by atoms with E-state index < -0.39 is 9.84 Å². The van der Waals surface area contributed by atoms with Crippen molar-refractivity contribution in [3.63, 3.8) is 0 Å². The summed E-state index contributed by atoms with van der Waals surface area (Å²) in [5.41, 5.74) is 0. The summed E-state index contributed by atoms with van der Waals surface area (Å²) in [6.07, 6.45) is 3.62. The lowest BCUT2D eigenvalue weighted by Crippen LogP contribution is -2.40. The Hall–Kier alpha value is -0.130. The van der Waals surface area contributed by atoms with E-state index in [1.54, 1.807) is 0 Å². The van der Waals surface area contributed by atoms with E-state index in [0.717, 1.165) is 26.2 Å². The summed E-state index contributed by atoms with van der Waals surface area (Å²) < 4.78 is 22.4. The van der Waals surface area contributed by atoms with E-state index in [1.165, 1.54) is 19.3 Å². The molecule has 1 saturated heterocycles. The van der Waals surface area contributed by atoms with Crippen molar-refractivity contribution in [1.29, 1.82) is 0 Å². The molecule has 0 amide bonds. The fourth-order valence-electron chi connectivity index (χ4n) is 1.79. The molecule has 0 saturated carbocycles.